The van der Waals surface area contributed by atoms with Gasteiger partial charge >= 0.3 is 0 Å². The van der Waals surface area contributed by atoms with E-state index in [1.165, 1.54) is 5.56 Å². The van der Waals surface area contributed by atoms with Crippen LogP contribution in [-0.2, 0) is 21.9 Å². The summed E-state index contributed by atoms with van der Waals surface area (Å²) in [6.45, 7) is 7.02. The fraction of sp³-hybridized carbons (Fsp3) is 0.417. The minimum atomic E-state index is -0.512. The first kappa shape index (κ1) is 24.5. The van der Waals surface area contributed by atoms with Gasteiger partial charge in [0.25, 0.3) is 0 Å². The van der Waals surface area contributed by atoms with Gasteiger partial charge in [-0.1, -0.05) is 65.7 Å². The lowest BCUT2D eigenvalue weighted by Crippen LogP contribution is -2.48. The third kappa shape index (κ3) is 7.80. The molecule has 2 amide bonds. The number of hydrogen-bond donors (Lipinski definition) is 1. The number of aryl methyl sites for hydroxylation is 1. The molecule has 0 heterocycles. The number of carbonyl (C=O) groups excluding carboxylic acids is 2. The van der Waals surface area contributed by atoms with Gasteiger partial charge in [0.05, 0.1) is 5.75 Å². The van der Waals surface area contributed by atoms with Crippen LogP contribution in [0.1, 0.15) is 43.4 Å². The van der Waals surface area contributed by atoms with Crippen LogP contribution >= 0.6 is 27.7 Å². The molecule has 0 saturated heterocycles. The van der Waals surface area contributed by atoms with Crippen LogP contribution in [-0.4, -0.2) is 35.1 Å². The third-order valence-electron chi connectivity index (χ3n) is 5.01. The van der Waals surface area contributed by atoms with Crippen molar-refractivity contribution in [2.75, 3.05) is 12.3 Å². The molecule has 0 fully saturated rings. The van der Waals surface area contributed by atoms with Crippen molar-refractivity contribution >= 4 is 39.5 Å². The number of benzene rings is 2. The lowest BCUT2D eigenvalue weighted by Gasteiger charge is -2.29. The minimum Gasteiger partial charge on any atom is -0.354 e. The molecule has 1 N–H and O–H groups in total. The molecule has 2 rings (SSSR count). The van der Waals surface area contributed by atoms with Crippen LogP contribution in [0.25, 0.3) is 0 Å². The molecule has 1 atom stereocenters. The Morgan fingerprint density at radius 2 is 1.83 bits per heavy atom. The zero-order chi connectivity index (χ0) is 21.9. The van der Waals surface area contributed by atoms with Crippen LogP contribution in [0.15, 0.2) is 53.0 Å². The van der Waals surface area contributed by atoms with Gasteiger partial charge in [0.2, 0.25) is 11.8 Å². The zero-order valence-corrected chi connectivity index (χ0v) is 20.4. The number of rotatable bonds is 11. The molecule has 0 aliphatic rings. The van der Waals surface area contributed by atoms with Crippen molar-refractivity contribution in [1.82, 2.24) is 10.2 Å². The number of carbonyl (C=O) groups is 2. The monoisotopic (exact) mass is 490 g/mol. The topological polar surface area (TPSA) is 49.4 Å². The molecule has 30 heavy (non-hydrogen) atoms. The first-order valence-corrected chi connectivity index (χ1v) is 12.3. The molecule has 0 radical (unpaired) electrons. The van der Waals surface area contributed by atoms with Crippen molar-refractivity contribution in [2.45, 2.75) is 52.0 Å². The molecule has 0 aliphatic carbocycles. The van der Waals surface area contributed by atoms with Crippen molar-refractivity contribution < 1.29 is 9.59 Å². The Morgan fingerprint density at radius 1 is 1.13 bits per heavy atom. The number of hydrogen-bond acceptors (Lipinski definition) is 3. The maximum absolute atomic E-state index is 13.1. The molecule has 0 aliphatic heterocycles. The Morgan fingerprint density at radius 3 is 2.50 bits per heavy atom. The summed E-state index contributed by atoms with van der Waals surface area (Å²) in [4.78, 5) is 27.5. The van der Waals surface area contributed by atoms with Gasteiger partial charge in [-0.2, -0.15) is 0 Å². The summed E-state index contributed by atoms with van der Waals surface area (Å²) in [6, 6.07) is 15.6. The van der Waals surface area contributed by atoms with Crippen LogP contribution in [0.2, 0.25) is 0 Å². The van der Waals surface area contributed by atoms with E-state index in [2.05, 4.69) is 40.3 Å². The van der Waals surface area contributed by atoms with E-state index in [1.54, 1.807) is 16.7 Å². The Labute approximate surface area is 192 Å². The van der Waals surface area contributed by atoms with Gasteiger partial charge in [-0.25, -0.2) is 0 Å². The highest BCUT2D eigenvalue weighted by Gasteiger charge is 2.26. The summed E-state index contributed by atoms with van der Waals surface area (Å²) in [5, 5.41) is 2.96. The van der Waals surface area contributed by atoms with E-state index in [0.29, 0.717) is 18.8 Å². The predicted octanol–water partition coefficient (Wildman–Crippen LogP) is 5.32. The van der Waals surface area contributed by atoms with E-state index in [9.17, 15) is 9.59 Å². The summed E-state index contributed by atoms with van der Waals surface area (Å²) in [5.74, 6) is 0.991. The van der Waals surface area contributed by atoms with Crippen LogP contribution in [0.5, 0.6) is 0 Å². The quantitative estimate of drug-likeness (QED) is 0.433. The lowest BCUT2D eigenvalue weighted by molar-refractivity contribution is -0.138. The van der Waals surface area contributed by atoms with Gasteiger partial charge in [0.1, 0.15) is 6.04 Å². The number of thioether (sulfide) groups is 1. The van der Waals surface area contributed by atoms with Gasteiger partial charge in [0.15, 0.2) is 0 Å². The van der Waals surface area contributed by atoms with Crippen molar-refractivity contribution in [3.05, 3.63) is 69.7 Å². The van der Waals surface area contributed by atoms with Crippen LogP contribution in [0, 0.1) is 6.92 Å². The van der Waals surface area contributed by atoms with Gasteiger partial charge in [0, 0.05) is 23.3 Å². The number of nitrogens with one attached hydrogen (secondary N) is 1. The highest BCUT2D eigenvalue weighted by molar-refractivity contribution is 9.10. The number of amides is 2. The largest absolute Gasteiger partial charge is 0.354 e. The molecular formula is C24H31BrN2O2S. The average Bonchev–Trinajstić information content (AvgIpc) is 2.74. The first-order valence-electron chi connectivity index (χ1n) is 10.4. The average molecular weight is 491 g/mol. The second-order valence-electron chi connectivity index (χ2n) is 7.39. The summed E-state index contributed by atoms with van der Waals surface area (Å²) >= 11 is 5.02. The molecule has 0 bridgehead atoms. The molecule has 162 valence electrons. The van der Waals surface area contributed by atoms with Crippen LogP contribution in [0.4, 0.5) is 0 Å². The van der Waals surface area contributed by atoms with Crippen molar-refractivity contribution in [3.63, 3.8) is 0 Å². The first-order chi connectivity index (χ1) is 14.4. The minimum absolute atomic E-state index is 0.0153. The van der Waals surface area contributed by atoms with Gasteiger partial charge < -0.3 is 10.2 Å². The maximum Gasteiger partial charge on any atom is 0.242 e. The smallest absolute Gasteiger partial charge is 0.242 e. The third-order valence-corrected chi connectivity index (χ3v) is 6.52. The van der Waals surface area contributed by atoms with Crippen molar-refractivity contribution in [2.24, 2.45) is 0 Å². The molecule has 0 unspecified atom stereocenters. The van der Waals surface area contributed by atoms with E-state index < -0.39 is 6.04 Å². The van der Waals surface area contributed by atoms with Crippen molar-refractivity contribution in [3.8, 4) is 0 Å². The highest BCUT2D eigenvalue weighted by Crippen LogP contribution is 2.19. The number of halogens is 1. The number of unbranched alkanes of at least 4 members (excludes halogenated alkanes) is 1. The second-order valence-corrected chi connectivity index (χ2v) is 9.29. The molecule has 4 nitrogen and oxygen atoms in total. The molecule has 2 aromatic carbocycles. The van der Waals surface area contributed by atoms with E-state index >= 15 is 0 Å². The molecular weight excluding hydrogens is 460 g/mol. The van der Waals surface area contributed by atoms with Crippen LogP contribution in [0.3, 0.4) is 0 Å². The molecule has 0 aromatic heterocycles. The second kappa shape index (κ2) is 12.8. The summed E-state index contributed by atoms with van der Waals surface area (Å²) in [6.07, 6.45) is 1.96. The van der Waals surface area contributed by atoms with E-state index in [-0.39, 0.29) is 11.8 Å². The Balaban J connectivity index is 2.04. The fourth-order valence-electron chi connectivity index (χ4n) is 3.01. The zero-order valence-electron chi connectivity index (χ0n) is 18.0. The molecule has 2 aromatic rings. The summed E-state index contributed by atoms with van der Waals surface area (Å²) in [5.41, 5.74) is 3.36. The van der Waals surface area contributed by atoms with Crippen LogP contribution < -0.4 is 5.32 Å². The highest BCUT2D eigenvalue weighted by atomic mass is 79.9. The van der Waals surface area contributed by atoms with Gasteiger partial charge in [-0.15, -0.1) is 11.8 Å². The molecule has 0 saturated carbocycles. The standard InChI is InChI=1S/C24H31BrN2O2S/c1-4-5-14-26-24(29)19(3)27(15-21-9-7-6-8-18(21)2)23(28)17-30-16-20-10-12-22(25)13-11-20/h6-13,19H,4-5,14-17H2,1-3H3,(H,26,29)/t19-/m1/s1. The summed E-state index contributed by atoms with van der Waals surface area (Å²) < 4.78 is 1.04. The van der Waals surface area contributed by atoms with Crippen molar-refractivity contribution in [1.29, 1.82) is 0 Å². The normalized spacial score (nSPS) is 11.7. The van der Waals surface area contributed by atoms with E-state index in [4.69, 9.17) is 0 Å². The van der Waals surface area contributed by atoms with E-state index in [0.717, 1.165) is 34.2 Å². The maximum atomic E-state index is 13.1. The van der Waals surface area contributed by atoms with Gasteiger partial charge in [-0.05, 0) is 49.1 Å². The SMILES string of the molecule is CCCCNC(=O)[C@@H](C)N(Cc1ccccc1C)C(=O)CSCc1ccc(Br)cc1. The van der Waals surface area contributed by atoms with Gasteiger partial charge in [-0.3, -0.25) is 9.59 Å². The summed E-state index contributed by atoms with van der Waals surface area (Å²) in [7, 11) is 0. The Bertz CT molecular complexity index is 826. The van der Waals surface area contributed by atoms with E-state index in [1.807, 2.05) is 50.2 Å². The lowest BCUT2D eigenvalue weighted by atomic mass is 10.1. The fourth-order valence-corrected chi connectivity index (χ4v) is 4.14. The molecule has 6 heteroatoms. The number of nitrogens with zero attached hydrogens (tertiary/aromatic N) is 1. The Hall–Kier alpha value is -1.79. The predicted molar refractivity (Wildman–Crippen MR) is 129 cm³/mol. The Kier molecular flexibility index (Phi) is 10.4. The molecule has 0 spiro atoms.